The number of thiazole rings is 1. The number of benzene rings is 1. The second-order valence-electron chi connectivity index (χ2n) is 3.38. The average molecular weight is 265 g/mol. The number of hydrogen-bond acceptors (Lipinski definition) is 5. The number of nitrogens with one attached hydrogen (secondary N) is 2. The Labute approximate surface area is 107 Å². The third kappa shape index (κ3) is 2.95. The lowest BCUT2D eigenvalue weighted by atomic mass is 10.3. The van der Waals surface area contributed by atoms with Crippen molar-refractivity contribution in [3.8, 4) is 0 Å². The van der Waals surface area contributed by atoms with Gasteiger partial charge in [0.2, 0.25) is 5.91 Å². The smallest absolute Gasteiger partial charge is 0.407 e. The third-order valence-electron chi connectivity index (χ3n) is 2.12. The number of carbonyl (C=O) groups is 2. The Morgan fingerprint density at radius 1 is 1.39 bits per heavy atom. The molecule has 2 rings (SSSR count). The maximum atomic E-state index is 11.5. The van der Waals surface area contributed by atoms with Crippen molar-refractivity contribution in [3.05, 3.63) is 24.3 Å². The van der Waals surface area contributed by atoms with Gasteiger partial charge in [-0.05, 0) is 12.1 Å². The van der Waals surface area contributed by atoms with Crippen molar-refractivity contribution in [1.29, 1.82) is 0 Å². The summed E-state index contributed by atoms with van der Waals surface area (Å²) in [4.78, 5) is 26.5. The molecule has 0 unspecified atom stereocenters. The highest BCUT2D eigenvalue weighted by atomic mass is 32.1. The number of carbonyl (C=O) groups excluding carboxylic acids is 2. The quantitative estimate of drug-likeness (QED) is 0.883. The minimum atomic E-state index is -0.644. The highest BCUT2D eigenvalue weighted by Crippen LogP contribution is 2.24. The van der Waals surface area contributed by atoms with Gasteiger partial charge in [-0.3, -0.25) is 4.79 Å². The van der Waals surface area contributed by atoms with Crippen molar-refractivity contribution in [2.45, 2.75) is 0 Å². The molecule has 18 heavy (non-hydrogen) atoms. The topological polar surface area (TPSA) is 80.3 Å². The molecule has 0 spiro atoms. The van der Waals surface area contributed by atoms with Crippen LogP contribution in [-0.4, -0.2) is 30.6 Å². The molecule has 0 fully saturated rings. The summed E-state index contributed by atoms with van der Waals surface area (Å²) in [5.41, 5.74) is 0.832. The summed E-state index contributed by atoms with van der Waals surface area (Å²) < 4.78 is 5.35. The van der Waals surface area contributed by atoms with E-state index >= 15 is 0 Å². The number of alkyl carbamates (subject to hydrolysis) is 1. The molecule has 1 aromatic heterocycles. The number of amides is 2. The van der Waals surface area contributed by atoms with E-state index in [-0.39, 0.29) is 12.5 Å². The molecule has 1 heterocycles. The van der Waals surface area contributed by atoms with Gasteiger partial charge in [-0.2, -0.15) is 0 Å². The average Bonchev–Trinajstić information content (AvgIpc) is 2.77. The largest absolute Gasteiger partial charge is 0.453 e. The molecule has 6 nitrogen and oxygen atoms in total. The highest BCUT2D eigenvalue weighted by molar-refractivity contribution is 7.22. The normalized spacial score (nSPS) is 10.1. The van der Waals surface area contributed by atoms with Crippen molar-refractivity contribution in [2.24, 2.45) is 0 Å². The van der Waals surface area contributed by atoms with Crippen LogP contribution in [0.2, 0.25) is 0 Å². The van der Waals surface area contributed by atoms with Crippen LogP contribution in [0.4, 0.5) is 9.93 Å². The molecule has 0 saturated heterocycles. The maximum Gasteiger partial charge on any atom is 0.407 e. The van der Waals surface area contributed by atoms with Gasteiger partial charge >= 0.3 is 6.09 Å². The number of hydrogen-bond donors (Lipinski definition) is 2. The lowest BCUT2D eigenvalue weighted by Crippen LogP contribution is -2.32. The van der Waals surface area contributed by atoms with Crippen LogP contribution in [0, 0.1) is 0 Å². The summed E-state index contributed by atoms with van der Waals surface area (Å²) in [7, 11) is 1.24. The molecule has 0 aliphatic rings. The molecule has 0 bridgehead atoms. The Hall–Kier alpha value is -2.15. The van der Waals surface area contributed by atoms with Crippen molar-refractivity contribution in [2.75, 3.05) is 19.0 Å². The lowest BCUT2D eigenvalue weighted by molar-refractivity contribution is -0.115. The Balaban J connectivity index is 1.96. The van der Waals surface area contributed by atoms with Gasteiger partial charge < -0.3 is 15.4 Å². The molecule has 7 heteroatoms. The summed E-state index contributed by atoms with van der Waals surface area (Å²) in [5, 5.41) is 5.41. The molecule has 0 radical (unpaired) electrons. The molecule has 0 aliphatic carbocycles. The first-order valence-corrected chi connectivity index (χ1v) is 5.98. The summed E-state index contributed by atoms with van der Waals surface area (Å²) in [6.07, 6.45) is -0.644. The lowest BCUT2D eigenvalue weighted by Gasteiger charge is -2.02. The molecule has 2 N–H and O–H groups in total. The first-order valence-electron chi connectivity index (χ1n) is 5.16. The number of anilines is 1. The van der Waals surface area contributed by atoms with Gasteiger partial charge in [0.1, 0.15) is 6.54 Å². The number of methoxy groups -OCH3 is 1. The minimum Gasteiger partial charge on any atom is -0.453 e. The van der Waals surface area contributed by atoms with Crippen LogP contribution in [-0.2, 0) is 9.53 Å². The Bertz CT molecular complexity index is 549. The van der Waals surface area contributed by atoms with E-state index in [1.165, 1.54) is 18.4 Å². The molecule has 2 aromatic rings. The van der Waals surface area contributed by atoms with E-state index in [1.807, 2.05) is 24.3 Å². The van der Waals surface area contributed by atoms with Crippen LogP contribution < -0.4 is 10.6 Å². The number of rotatable bonds is 3. The first-order chi connectivity index (χ1) is 8.69. The van der Waals surface area contributed by atoms with Crippen LogP contribution in [0.1, 0.15) is 0 Å². The van der Waals surface area contributed by atoms with E-state index < -0.39 is 6.09 Å². The number of ether oxygens (including phenoxy) is 1. The molecular weight excluding hydrogens is 254 g/mol. The van der Waals surface area contributed by atoms with Gasteiger partial charge in [-0.15, -0.1) is 0 Å². The first kappa shape index (κ1) is 12.3. The second kappa shape index (κ2) is 5.46. The van der Waals surface area contributed by atoms with Gasteiger partial charge in [-0.1, -0.05) is 23.5 Å². The molecular formula is C11H11N3O3S. The number of nitrogens with zero attached hydrogens (tertiary/aromatic N) is 1. The van der Waals surface area contributed by atoms with Crippen molar-refractivity contribution < 1.29 is 14.3 Å². The highest BCUT2D eigenvalue weighted by Gasteiger charge is 2.08. The summed E-state index contributed by atoms with van der Waals surface area (Å²) in [5.74, 6) is -0.348. The molecule has 0 atom stereocenters. The Morgan fingerprint density at radius 2 is 2.17 bits per heavy atom. The van der Waals surface area contributed by atoms with Crippen LogP contribution >= 0.6 is 11.3 Å². The molecule has 94 valence electrons. The van der Waals surface area contributed by atoms with E-state index in [9.17, 15) is 9.59 Å². The van der Waals surface area contributed by atoms with Gasteiger partial charge in [0.25, 0.3) is 0 Å². The van der Waals surface area contributed by atoms with E-state index in [4.69, 9.17) is 0 Å². The van der Waals surface area contributed by atoms with E-state index in [0.29, 0.717) is 5.13 Å². The van der Waals surface area contributed by atoms with Crippen LogP contribution in [0.3, 0.4) is 0 Å². The third-order valence-corrected chi connectivity index (χ3v) is 3.07. The second-order valence-corrected chi connectivity index (χ2v) is 4.41. The van der Waals surface area contributed by atoms with Crippen molar-refractivity contribution >= 4 is 38.7 Å². The SMILES string of the molecule is COC(=O)NCC(=O)Nc1nc2ccccc2s1. The number of para-hydroxylation sites is 1. The van der Waals surface area contributed by atoms with Gasteiger partial charge in [0.05, 0.1) is 17.3 Å². The van der Waals surface area contributed by atoms with Crippen LogP contribution in [0.25, 0.3) is 10.2 Å². The molecule has 2 amide bonds. The zero-order valence-corrected chi connectivity index (χ0v) is 10.4. The van der Waals surface area contributed by atoms with E-state index in [2.05, 4.69) is 20.4 Å². The van der Waals surface area contributed by atoms with Gasteiger partial charge in [0, 0.05) is 0 Å². The monoisotopic (exact) mass is 265 g/mol. The number of fused-ring (bicyclic) bond motifs is 1. The zero-order valence-electron chi connectivity index (χ0n) is 9.60. The molecule has 1 aromatic carbocycles. The number of aromatic nitrogens is 1. The predicted molar refractivity (Wildman–Crippen MR) is 68.7 cm³/mol. The van der Waals surface area contributed by atoms with Crippen molar-refractivity contribution in [3.63, 3.8) is 0 Å². The fourth-order valence-corrected chi connectivity index (χ4v) is 2.20. The van der Waals surface area contributed by atoms with E-state index in [1.54, 1.807) is 0 Å². The predicted octanol–water partition coefficient (Wildman–Crippen LogP) is 1.59. The summed E-state index contributed by atoms with van der Waals surface area (Å²) in [6, 6.07) is 7.58. The summed E-state index contributed by atoms with van der Waals surface area (Å²) >= 11 is 1.38. The van der Waals surface area contributed by atoms with Crippen LogP contribution in [0.5, 0.6) is 0 Å². The molecule has 0 aliphatic heterocycles. The zero-order chi connectivity index (χ0) is 13.0. The standard InChI is InChI=1S/C11H11N3O3S/c1-17-11(16)12-6-9(15)14-10-13-7-4-2-3-5-8(7)18-10/h2-5H,6H2,1H3,(H,12,16)(H,13,14,15). The van der Waals surface area contributed by atoms with Crippen LogP contribution in [0.15, 0.2) is 24.3 Å². The van der Waals surface area contributed by atoms with Gasteiger partial charge in [-0.25, -0.2) is 9.78 Å². The van der Waals surface area contributed by atoms with Gasteiger partial charge in [0.15, 0.2) is 5.13 Å². The molecule has 0 saturated carbocycles. The fourth-order valence-electron chi connectivity index (χ4n) is 1.31. The Morgan fingerprint density at radius 3 is 2.89 bits per heavy atom. The van der Waals surface area contributed by atoms with Crippen molar-refractivity contribution in [1.82, 2.24) is 10.3 Å². The Kier molecular flexibility index (Phi) is 3.73. The fraction of sp³-hybridized carbons (Fsp3) is 0.182. The maximum absolute atomic E-state index is 11.5. The summed E-state index contributed by atoms with van der Waals surface area (Å²) in [6.45, 7) is -0.150. The minimum absolute atomic E-state index is 0.150. The van der Waals surface area contributed by atoms with E-state index in [0.717, 1.165) is 10.2 Å².